The van der Waals surface area contributed by atoms with Crippen molar-refractivity contribution in [3.63, 3.8) is 0 Å². The molecule has 3 amide bonds. The number of carbonyl (C=O) groups is 2. The minimum Gasteiger partial charge on any atom is -0.504 e. The summed E-state index contributed by atoms with van der Waals surface area (Å²) in [4.78, 5) is 32.8. The first-order valence-electron chi connectivity index (χ1n) is 14.0. The molecule has 0 aliphatic carbocycles. The van der Waals surface area contributed by atoms with Crippen molar-refractivity contribution in [1.29, 1.82) is 0 Å². The fourth-order valence-corrected chi connectivity index (χ4v) is 5.95. The first-order chi connectivity index (χ1) is 18.7. The van der Waals surface area contributed by atoms with Gasteiger partial charge in [-0.3, -0.25) is 14.7 Å². The quantitative estimate of drug-likeness (QED) is 0.610. The first kappa shape index (κ1) is 27.3. The Balaban J connectivity index is 1.21. The molecule has 0 saturated carbocycles. The highest BCUT2D eigenvalue weighted by molar-refractivity contribution is 5.96. The maximum atomic E-state index is 13.7. The number of nitrogens with zero attached hydrogens (tertiary/aromatic N) is 5. The summed E-state index contributed by atoms with van der Waals surface area (Å²) in [7, 11) is 3.52. The number of phenolic OH excluding ortho intramolecular Hbond substituents is 1. The van der Waals surface area contributed by atoms with Crippen LogP contribution in [0.3, 0.4) is 0 Å². The number of piperazine rings is 1. The molecule has 5 rings (SSSR count). The largest absolute Gasteiger partial charge is 0.504 e. The van der Waals surface area contributed by atoms with Crippen LogP contribution in [0.15, 0.2) is 36.4 Å². The van der Waals surface area contributed by atoms with Crippen molar-refractivity contribution in [2.45, 2.75) is 51.7 Å². The number of phenols is 1. The molecule has 39 heavy (non-hydrogen) atoms. The Bertz CT molecular complexity index is 1220. The van der Waals surface area contributed by atoms with Crippen LogP contribution in [-0.2, 0) is 19.5 Å². The highest BCUT2D eigenvalue weighted by atomic mass is 16.5. The summed E-state index contributed by atoms with van der Waals surface area (Å²) < 4.78 is 5.27. The van der Waals surface area contributed by atoms with Gasteiger partial charge in [0.2, 0.25) is 0 Å². The lowest BCUT2D eigenvalue weighted by Gasteiger charge is -2.38. The number of hydrogen-bond donors (Lipinski definition) is 1. The van der Waals surface area contributed by atoms with Gasteiger partial charge in [-0.15, -0.1) is 0 Å². The lowest BCUT2D eigenvalue weighted by Crippen LogP contribution is -2.55. The second-order valence-corrected chi connectivity index (χ2v) is 11.5. The topological polar surface area (TPSA) is 79.8 Å². The van der Waals surface area contributed by atoms with E-state index in [1.54, 1.807) is 13.2 Å². The highest BCUT2D eigenvalue weighted by Gasteiger charge is 2.36. The van der Waals surface area contributed by atoms with Crippen molar-refractivity contribution in [3.05, 3.63) is 58.7 Å². The molecule has 2 fully saturated rings. The molecule has 0 spiro atoms. The van der Waals surface area contributed by atoms with Gasteiger partial charge < -0.3 is 19.6 Å². The number of ether oxygens (including phenoxy) is 1. The molecule has 0 bridgehead atoms. The molecule has 0 unspecified atom stereocenters. The van der Waals surface area contributed by atoms with Gasteiger partial charge in [0.05, 0.1) is 7.11 Å². The van der Waals surface area contributed by atoms with Crippen LogP contribution in [0, 0.1) is 0 Å². The predicted octanol–water partition coefficient (Wildman–Crippen LogP) is 3.56. The number of methoxy groups -OCH3 is 1. The van der Waals surface area contributed by atoms with E-state index >= 15 is 0 Å². The Labute approximate surface area is 231 Å². The maximum absolute atomic E-state index is 13.7. The number of hydrazine groups is 1. The number of carbonyl (C=O) groups excluding carboxylic acids is 2. The smallest absolute Gasteiger partial charge is 0.334 e. The van der Waals surface area contributed by atoms with E-state index in [-0.39, 0.29) is 23.2 Å². The zero-order valence-electron chi connectivity index (χ0n) is 23.7. The van der Waals surface area contributed by atoms with Crippen molar-refractivity contribution in [2.75, 3.05) is 53.4 Å². The summed E-state index contributed by atoms with van der Waals surface area (Å²) in [6.07, 6.45) is 2.79. The van der Waals surface area contributed by atoms with Crippen molar-refractivity contribution in [1.82, 2.24) is 24.7 Å². The number of fused-ring (bicyclic) bond motifs is 1. The Hall–Kier alpha value is -3.30. The number of aromatic hydroxyl groups is 1. The molecule has 0 radical (unpaired) electrons. The van der Waals surface area contributed by atoms with Gasteiger partial charge in [0.1, 0.15) is 0 Å². The van der Waals surface area contributed by atoms with Crippen LogP contribution >= 0.6 is 0 Å². The zero-order chi connectivity index (χ0) is 27.7. The number of amides is 3. The minimum absolute atomic E-state index is 0.0475. The zero-order valence-corrected chi connectivity index (χ0v) is 23.7. The Morgan fingerprint density at radius 3 is 2.41 bits per heavy atom. The molecule has 0 atom stereocenters. The number of rotatable bonds is 6. The summed E-state index contributed by atoms with van der Waals surface area (Å²) in [5.41, 5.74) is 4.16. The molecule has 210 valence electrons. The Morgan fingerprint density at radius 2 is 1.72 bits per heavy atom. The predicted molar refractivity (Wildman–Crippen MR) is 150 cm³/mol. The molecular weight excluding hydrogens is 494 g/mol. The monoisotopic (exact) mass is 535 g/mol. The third-order valence-corrected chi connectivity index (χ3v) is 8.66. The van der Waals surface area contributed by atoms with Crippen LogP contribution in [0.5, 0.6) is 11.5 Å². The summed E-state index contributed by atoms with van der Waals surface area (Å²) in [6, 6.07) is 11.7. The van der Waals surface area contributed by atoms with Gasteiger partial charge in [0, 0.05) is 70.5 Å². The van der Waals surface area contributed by atoms with Crippen LogP contribution in [0.4, 0.5) is 4.79 Å². The van der Waals surface area contributed by atoms with Crippen LogP contribution in [-0.4, -0.2) is 101 Å². The molecule has 0 aromatic heterocycles. The third-order valence-electron chi connectivity index (χ3n) is 8.66. The molecule has 9 nitrogen and oxygen atoms in total. The number of benzene rings is 2. The molecular formula is C30H41N5O4. The molecule has 3 heterocycles. The molecule has 9 heteroatoms. The van der Waals surface area contributed by atoms with E-state index in [0.717, 1.165) is 62.1 Å². The highest BCUT2D eigenvalue weighted by Crippen LogP contribution is 2.35. The van der Waals surface area contributed by atoms with Gasteiger partial charge in [0.15, 0.2) is 11.5 Å². The van der Waals surface area contributed by atoms with Crippen LogP contribution in [0.1, 0.15) is 53.7 Å². The third kappa shape index (κ3) is 5.56. The van der Waals surface area contributed by atoms with E-state index in [1.807, 2.05) is 51.1 Å². The number of aryl methyl sites for hydroxylation is 1. The Kier molecular flexibility index (Phi) is 7.73. The van der Waals surface area contributed by atoms with Gasteiger partial charge in [0.25, 0.3) is 5.91 Å². The molecule has 3 aliphatic rings. The average Bonchev–Trinajstić information content (AvgIpc) is 3.58. The van der Waals surface area contributed by atoms with Gasteiger partial charge in [-0.1, -0.05) is 18.2 Å². The van der Waals surface area contributed by atoms with Crippen LogP contribution < -0.4 is 4.74 Å². The molecule has 2 aromatic rings. The van der Waals surface area contributed by atoms with E-state index in [2.05, 4.69) is 24.8 Å². The molecule has 1 N–H and O–H groups in total. The fraction of sp³-hybridized carbons (Fsp3) is 0.533. The summed E-state index contributed by atoms with van der Waals surface area (Å²) in [6.45, 7) is 9.96. The normalized spacial score (nSPS) is 18.5. The Morgan fingerprint density at radius 1 is 0.974 bits per heavy atom. The second kappa shape index (κ2) is 11.1. The minimum atomic E-state index is -0.0841. The summed E-state index contributed by atoms with van der Waals surface area (Å²) in [5.74, 6) is 0.712. The van der Waals surface area contributed by atoms with Crippen LogP contribution in [0.25, 0.3) is 0 Å². The number of urea groups is 1. The molecule has 3 aliphatic heterocycles. The second-order valence-electron chi connectivity index (χ2n) is 11.5. The van der Waals surface area contributed by atoms with Gasteiger partial charge in [-0.05, 0) is 68.0 Å². The van der Waals surface area contributed by atoms with Crippen molar-refractivity contribution < 1.29 is 19.4 Å². The van der Waals surface area contributed by atoms with Crippen molar-refractivity contribution in [2.24, 2.45) is 0 Å². The lowest BCUT2D eigenvalue weighted by atomic mass is 9.93. The van der Waals surface area contributed by atoms with Gasteiger partial charge >= 0.3 is 6.03 Å². The summed E-state index contributed by atoms with van der Waals surface area (Å²) in [5, 5.41) is 13.7. The van der Waals surface area contributed by atoms with E-state index in [4.69, 9.17) is 4.74 Å². The SMILES string of the molecule is COc1cc(CCC(C)(C)N2Cc3cccc(C(=O)N4CCN(C(=O)N5CCCN5C)CC4)c3C2)ccc1O. The summed E-state index contributed by atoms with van der Waals surface area (Å²) >= 11 is 0. The van der Waals surface area contributed by atoms with E-state index in [9.17, 15) is 14.7 Å². The first-order valence-corrected chi connectivity index (χ1v) is 14.0. The number of hydrogen-bond acceptors (Lipinski definition) is 6. The fourth-order valence-electron chi connectivity index (χ4n) is 5.95. The molecule has 2 aromatic carbocycles. The van der Waals surface area contributed by atoms with Crippen LogP contribution in [0.2, 0.25) is 0 Å². The molecule has 2 saturated heterocycles. The van der Waals surface area contributed by atoms with E-state index in [0.29, 0.717) is 31.9 Å². The van der Waals surface area contributed by atoms with Crippen molar-refractivity contribution >= 4 is 11.9 Å². The van der Waals surface area contributed by atoms with Gasteiger partial charge in [-0.25, -0.2) is 9.80 Å². The van der Waals surface area contributed by atoms with Crippen molar-refractivity contribution in [3.8, 4) is 11.5 Å². The van der Waals surface area contributed by atoms with Gasteiger partial charge in [-0.2, -0.15) is 0 Å². The van der Waals surface area contributed by atoms with E-state index < -0.39 is 0 Å². The maximum Gasteiger partial charge on any atom is 0.334 e. The van der Waals surface area contributed by atoms with E-state index in [1.165, 1.54) is 5.56 Å². The average molecular weight is 536 g/mol. The standard InChI is InChI=1S/C30H41N5O4/c1-30(2,12-11-22-9-10-26(36)27(19-22)39-4)34-20-23-7-5-8-24(25(23)21-34)28(37)32-15-17-33(18-16-32)29(38)35-14-6-13-31(35)3/h5,7-10,19,36H,6,11-18,20-21H2,1-4H3. The lowest BCUT2D eigenvalue weighted by molar-refractivity contribution is 0.0433.